The van der Waals surface area contributed by atoms with Crippen LogP contribution in [0.2, 0.25) is 0 Å². The number of amides is 2. The molecule has 6 heteroatoms. The average Bonchev–Trinajstić information content (AvgIpc) is 2.87. The topological polar surface area (TPSA) is 74.6 Å². The second-order valence-corrected chi connectivity index (χ2v) is 5.13. The number of nitrogens with one attached hydrogen (secondary N) is 2. The van der Waals surface area contributed by atoms with Gasteiger partial charge in [0, 0.05) is 31.7 Å². The number of furan rings is 1. The molecular formula is C14H21N3O3. The minimum atomic E-state index is -0.155. The predicted octanol–water partition coefficient (Wildman–Crippen LogP) is 0.528. The molecule has 1 saturated heterocycles. The molecule has 0 atom stereocenters. The molecule has 1 aromatic rings. The molecule has 1 aliphatic heterocycles. The summed E-state index contributed by atoms with van der Waals surface area (Å²) in [7, 11) is 1.64. The third-order valence-electron chi connectivity index (χ3n) is 3.64. The maximum atomic E-state index is 12.0. The summed E-state index contributed by atoms with van der Waals surface area (Å²) in [4.78, 5) is 25.4. The number of carbonyl (C=O) groups excluding carboxylic acids is 2. The van der Waals surface area contributed by atoms with Gasteiger partial charge in [0.2, 0.25) is 5.91 Å². The molecule has 2 amide bonds. The number of aryl methyl sites for hydroxylation is 1. The Bertz CT molecular complexity index is 476. The van der Waals surface area contributed by atoms with E-state index in [4.69, 9.17) is 4.42 Å². The molecule has 1 aromatic heterocycles. The number of likely N-dealkylation sites (tertiary alicyclic amines) is 1. The normalized spacial score (nSPS) is 16.9. The Morgan fingerprint density at radius 2 is 2.10 bits per heavy atom. The van der Waals surface area contributed by atoms with Gasteiger partial charge in [-0.25, -0.2) is 0 Å². The van der Waals surface area contributed by atoms with E-state index in [0.29, 0.717) is 12.3 Å². The minimum absolute atomic E-state index is 0.0266. The standard InChI is InChI=1S/C14H21N3O3/c1-10-5-8-20-13(10)14(19)16-11-3-6-17(7-4-11)9-12(18)15-2/h5,8,11H,3-4,6-7,9H2,1-2H3,(H,15,18)(H,16,19). The highest BCUT2D eigenvalue weighted by molar-refractivity contribution is 5.93. The second-order valence-electron chi connectivity index (χ2n) is 5.13. The van der Waals surface area contributed by atoms with E-state index in [9.17, 15) is 9.59 Å². The van der Waals surface area contributed by atoms with E-state index in [1.165, 1.54) is 6.26 Å². The lowest BCUT2D eigenvalue weighted by atomic mass is 10.0. The minimum Gasteiger partial charge on any atom is -0.459 e. The molecular weight excluding hydrogens is 258 g/mol. The fraction of sp³-hybridized carbons (Fsp3) is 0.571. The summed E-state index contributed by atoms with van der Waals surface area (Å²) in [6.07, 6.45) is 3.22. The zero-order chi connectivity index (χ0) is 14.5. The number of rotatable bonds is 4. The van der Waals surface area contributed by atoms with E-state index < -0.39 is 0 Å². The second kappa shape index (κ2) is 6.56. The van der Waals surface area contributed by atoms with Crippen LogP contribution in [-0.4, -0.2) is 49.4 Å². The van der Waals surface area contributed by atoms with E-state index in [2.05, 4.69) is 15.5 Å². The van der Waals surface area contributed by atoms with Crippen LogP contribution in [0.3, 0.4) is 0 Å². The number of nitrogens with zero attached hydrogens (tertiary/aromatic N) is 1. The van der Waals surface area contributed by atoms with Crippen molar-refractivity contribution in [3.8, 4) is 0 Å². The van der Waals surface area contributed by atoms with Crippen LogP contribution in [0.4, 0.5) is 0 Å². The summed E-state index contributed by atoms with van der Waals surface area (Å²) < 4.78 is 5.18. The van der Waals surface area contributed by atoms with Crippen LogP contribution in [0.15, 0.2) is 16.7 Å². The van der Waals surface area contributed by atoms with Crippen molar-refractivity contribution in [1.29, 1.82) is 0 Å². The van der Waals surface area contributed by atoms with Crippen molar-refractivity contribution < 1.29 is 14.0 Å². The number of likely N-dealkylation sites (N-methyl/N-ethyl adjacent to an activating group) is 1. The van der Waals surface area contributed by atoms with Crippen molar-refractivity contribution in [3.63, 3.8) is 0 Å². The molecule has 0 saturated carbocycles. The molecule has 0 bridgehead atoms. The van der Waals surface area contributed by atoms with Gasteiger partial charge in [-0.05, 0) is 25.8 Å². The predicted molar refractivity (Wildman–Crippen MR) is 74.4 cm³/mol. The van der Waals surface area contributed by atoms with E-state index in [0.717, 1.165) is 31.5 Å². The number of piperidine rings is 1. The Labute approximate surface area is 118 Å². The van der Waals surface area contributed by atoms with Gasteiger partial charge in [0.1, 0.15) is 0 Å². The van der Waals surface area contributed by atoms with Crippen molar-refractivity contribution in [2.45, 2.75) is 25.8 Å². The highest BCUT2D eigenvalue weighted by Crippen LogP contribution is 2.13. The third-order valence-corrected chi connectivity index (χ3v) is 3.64. The zero-order valence-electron chi connectivity index (χ0n) is 11.9. The first kappa shape index (κ1) is 14.6. The molecule has 0 aliphatic carbocycles. The summed E-state index contributed by atoms with van der Waals surface area (Å²) in [5, 5.41) is 5.61. The fourth-order valence-corrected chi connectivity index (χ4v) is 2.37. The van der Waals surface area contributed by atoms with Crippen molar-refractivity contribution >= 4 is 11.8 Å². The summed E-state index contributed by atoms with van der Waals surface area (Å²) in [6.45, 7) is 3.91. The van der Waals surface area contributed by atoms with Crippen LogP contribution >= 0.6 is 0 Å². The van der Waals surface area contributed by atoms with Crippen LogP contribution in [0.25, 0.3) is 0 Å². The molecule has 0 aromatic carbocycles. The molecule has 2 N–H and O–H groups in total. The third kappa shape index (κ3) is 3.60. The average molecular weight is 279 g/mol. The first-order valence-electron chi connectivity index (χ1n) is 6.88. The van der Waals surface area contributed by atoms with Crippen LogP contribution in [-0.2, 0) is 4.79 Å². The zero-order valence-corrected chi connectivity index (χ0v) is 11.9. The first-order chi connectivity index (χ1) is 9.60. The molecule has 20 heavy (non-hydrogen) atoms. The lowest BCUT2D eigenvalue weighted by molar-refractivity contribution is -0.122. The van der Waals surface area contributed by atoms with Gasteiger partial charge in [-0.1, -0.05) is 0 Å². The molecule has 1 fully saturated rings. The molecule has 2 heterocycles. The maximum absolute atomic E-state index is 12.0. The van der Waals surface area contributed by atoms with Gasteiger partial charge in [-0.2, -0.15) is 0 Å². The van der Waals surface area contributed by atoms with Crippen molar-refractivity contribution in [2.24, 2.45) is 0 Å². The van der Waals surface area contributed by atoms with Gasteiger partial charge in [0.05, 0.1) is 12.8 Å². The van der Waals surface area contributed by atoms with Crippen molar-refractivity contribution in [1.82, 2.24) is 15.5 Å². The SMILES string of the molecule is CNC(=O)CN1CCC(NC(=O)c2occc2C)CC1. The Hall–Kier alpha value is -1.82. The lowest BCUT2D eigenvalue weighted by Gasteiger charge is -2.31. The van der Waals surface area contributed by atoms with Gasteiger partial charge < -0.3 is 15.1 Å². The number of hydrogen-bond donors (Lipinski definition) is 2. The molecule has 110 valence electrons. The van der Waals surface area contributed by atoms with E-state index in [1.807, 2.05) is 6.92 Å². The molecule has 2 rings (SSSR count). The molecule has 0 radical (unpaired) electrons. The summed E-state index contributed by atoms with van der Waals surface area (Å²) in [5.41, 5.74) is 0.847. The number of hydrogen-bond acceptors (Lipinski definition) is 4. The van der Waals surface area contributed by atoms with Gasteiger partial charge in [-0.3, -0.25) is 14.5 Å². The quantitative estimate of drug-likeness (QED) is 0.843. The highest BCUT2D eigenvalue weighted by atomic mass is 16.3. The van der Waals surface area contributed by atoms with Crippen molar-refractivity contribution in [3.05, 3.63) is 23.7 Å². The largest absolute Gasteiger partial charge is 0.459 e. The monoisotopic (exact) mass is 279 g/mol. The molecule has 0 unspecified atom stereocenters. The Balaban J connectivity index is 1.79. The molecule has 6 nitrogen and oxygen atoms in total. The smallest absolute Gasteiger partial charge is 0.287 e. The van der Waals surface area contributed by atoms with Crippen LogP contribution in [0.1, 0.15) is 29.0 Å². The fourth-order valence-electron chi connectivity index (χ4n) is 2.37. The lowest BCUT2D eigenvalue weighted by Crippen LogP contribution is -2.47. The van der Waals surface area contributed by atoms with Crippen LogP contribution in [0.5, 0.6) is 0 Å². The molecule has 0 spiro atoms. The van der Waals surface area contributed by atoms with Gasteiger partial charge in [-0.15, -0.1) is 0 Å². The van der Waals surface area contributed by atoms with Crippen molar-refractivity contribution in [2.75, 3.05) is 26.7 Å². The van der Waals surface area contributed by atoms with E-state index >= 15 is 0 Å². The summed E-state index contributed by atoms with van der Waals surface area (Å²) in [5.74, 6) is 0.258. The Kier molecular flexibility index (Phi) is 4.79. The number of carbonyl (C=O) groups is 2. The van der Waals surface area contributed by atoms with Crippen LogP contribution in [0, 0.1) is 6.92 Å². The van der Waals surface area contributed by atoms with E-state index in [1.54, 1.807) is 13.1 Å². The van der Waals surface area contributed by atoms with Gasteiger partial charge in [0.15, 0.2) is 5.76 Å². The Morgan fingerprint density at radius 1 is 1.40 bits per heavy atom. The van der Waals surface area contributed by atoms with Gasteiger partial charge in [0.25, 0.3) is 5.91 Å². The summed E-state index contributed by atoms with van der Waals surface area (Å²) in [6, 6.07) is 1.92. The summed E-state index contributed by atoms with van der Waals surface area (Å²) >= 11 is 0. The first-order valence-corrected chi connectivity index (χ1v) is 6.88. The van der Waals surface area contributed by atoms with Crippen LogP contribution < -0.4 is 10.6 Å². The maximum Gasteiger partial charge on any atom is 0.287 e. The van der Waals surface area contributed by atoms with Gasteiger partial charge >= 0.3 is 0 Å². The van der Waals surface area contributed by atoms with E-state index in [-0.39, 0.29) is 17.9 Å². The molecule has 1 aliphatic rings. The highest BCUT2D eigenvalue weighted by Gasteiger charge is 2.23. The Morgan fingerprint density at radius 3 is 2.65 bits per heavy atom.